The number of nitrogens with two attached hydrogens (primary N) is 1. The van der Waals surface area contributed by atoms with Gasteiger partial charge in [0, 0.05) is 19.3 Å². The average molecular weight is 225 g/mol. The van der Waals surface area contributed by atoms with E-state index >= 15 is 0 Å². The van der Waals surface area contributed by atoms with Crippen molar-refractivity contribution in [1.29, 1.82) is 0 Å². The average Bonchev–Trinajstić information content (AvgIpc) is 2.59. The van der Waals surface area contributed by atoms with E-state index in [1.54, 1.807) is 16.8 Å². The summed E-state index contributed by atoms with van der Waals surface area (Å²) in [6.45, 7) is 3.76. The molecule has 0 aliphatic heterocycles. The Kier molecular flexibility index (Phi) is 4.37. The monoisotopic (exact) mass is 225 g/mol. The highest BCUT2D eigenvalue weighted by atomic mass is 16.5. The van der Waals surface area contributed by atoms with Gasteiger partial charge in [-0.05, 0) is 27.1 Å². The minimum absolute atomic E-state index is 0.319. The van der Waals surface area contributed by atoms with Crippen LogP contribution in [0, 0.1) is 0 Å². The lowest BCUT2D eigenvalue weighted by Crippen LogP contribution is -2.21. The van der Waals surface area contributed by atoms with E-state index in [0.717, 1.165) is 0 Å². The predicted octanol–water partition coefficient (Wildman–Crippen LogP) is 0.809. The van der Waals surface area contributed by atoms with Crippen LogP contribution < -0.4 is 5.73 Å². The van der Waals surface area contributed by atoms with Crippen LogP contribution in [-0.2, 0) is 11.3 Å². The third kappa shape index (κ3) is 3.27. The zero-order valence-corrected chi connectivity index (χ0v) is 10.1. The number of carbonyl (C=O) groups is 1. The van der Waals surface area contributed by atoms with Gasteiger partial charge in [0.05, 0.1) is 5.69 Å². The molecule has 0 fully saturated rings. The molecule has 0 saturated heterocycles. The lowest BCUT2D eigenvalue weighted by atomic mass is 10.4. The molecule has 16 heavy (non-hydrogen) atoms. The summed E-state index contributed by atoms with van der Waals surface area (Å²) < 4.78 is 6.92. The second kappa shape index (κ2) is 5.55. The SMILES string of the molecule is CCn1cc(N)cc1C(=O)OCCN(C)C. The molecule has 1 aromatic rings. The summed E-state index contributed by atoms with van der Waals surface area (Å²) in [7, 11) is 3.86. The molecule has 0 aliphatic rings. The number of anilines is 1. The number of carbonyl (C=O) groups excluding carboxylic acids is 1. The Morgan fingerprint density at radius 2 is 2.25 bits per heavy atom. The molecular weight excluding hydrogens is 206 g/mol. The molecular formula is C11H19N3O2. The number of hydrogen-bond acceptors (Lipinski definition) is 4. The first kappa shape index (κ1) is 12.6. The first-order valence-corrected chi connectivity index (χ1v) is 5.32. The summed E-state index contributed by atoms with van der Waals surface area (Å²) in [5, 5.41) is 0. The Balaban J connectivity index is 2.58. The van der Waals surface area contributed by atoms with Crippen LogP contribution in [0.3, 0.4) is 0 Å². The smallest absolute Gasteiger partial charge is 0.355 e. The van der Waals surface area contributed by atoms with Gasteiger partial charge in [0.15, 0.2) is 0 Å². The van der Waals surface area contributed by atoms with Gasteiger partial charge in [0.2, 0.25) is 0 Å². The van der Waals surface area contributed by atoms with Gasteiger partial charge in [-0.2, -0.15) is 0 Å². The van der Waals surface area contributed by atoms with Gasteiger partial charge >= 0.3 is 5.97 Å². The van der Waals surface area contributed by atoms with Crippen molar-refractivity contribution >= 4 is 11.7 Å². The molecule has 0 aliphatic carbocycles. The van der Waals surface area contributed by atoms with Crippen LogP contribution in [0.2, 0.25) is 0 Å². The summed E-state index contributed by atoms with van der Waals surface area (Å²) in [6, 6.07) is 1.64. The molecule has 1 rings (SSSR count). The molecule has 2 N–H and O–H groups in total. The molecule has 0 saturated carbocycles. The maximum Gasteiger partial charge on any atom is 0.355 e. The van der Waals surface area contributed by atoms with Crippen molar-refractivity contribution in [3.05, 3.63) is 18.0 Å². The molecule has 1 heterocycles. The van der Waals surface area contributed by atoms with E-state index in [4.69, 9.17) is 10.5 Å². The van der Waals surface area contributed by atoms with Crippen molar-refractivity contribution in [3.8, 4) is 0 Å². The number of likely N-dealkylation sites (N-methyl/N-ethyl adjacent to an activating group) is 1. The van der Waals surface area contributed by atoms with Crippen molar-refractivity contribution in [2.75, 3.05) is 33.0 Å². The minimum Gasteiger partial charge on any atom is -0.460 e. The molecule has 0 unspecified atom stereocenters. The van der Waals surface area contributed by atoms with Gasteiger partial charge in [-0.3, -0.25) is 0 Å². The van der Waals surface area contributed by atoms with E-state index in [9.17, 15) is 4.79 Å². The van der Waals surface area contributed by atoms with Crippen molar-refractivity contribution < 1.29 is 9.53 Å². The van der Waals surface area contributed by atoms with Crippen molar-refractivity contribution in [2.45, 2.75) is 13.5 Å². The minimum atomic E-state index is -0.319. The Labute approximate surface area is 95.8 Å². The van der Waals surface area contributed by atoms with Crippen LogP contribution in [0.1, 0.15) is 17.4 Å². The molecule has 0 spiro atoms. The highest BCUT2D eigenvalue weighted by Gasteiger charge is 2.13. The van der Waals surface area contributed by atoms with Gasteiger partial charge in [0.25, 0.3) is 0 Å². The van der Waals surface area contributed by atoms with Crippen LogP contribution in [0.25, 0.3) is 0 Å². The highest BCUT2D eigenvalue weighted by molar-refractivity contribution is 5.89. The fourth-order valence-electron chi connectivity index (χ4n) is 1.36. The lowest BCUT2D eigenvalue weighted by Gasteiger charge is -2.10. The number of aryl methyl sites for hydroxylation is 1. The number of aromatic nitrogens is 1. The second-order valence-corrected chi connectivity index (χ2v) is 3.88. The summed E-state index contributed by atoms with van der Waals surface area (Å²) >= 11 is 0. The van der Waals surface area contributed by atoms with Gasteiger partial charge in [-0.25, -0.2) is 4.79 Å². The fourth-order valence-corrected chi connectivity index (χ4v) is 1.36. The predicted molar refractivity (Wildman–Crippen MR) is 63.4 cm³/mol. The number of ether oxygens (including phenoxy) is 1. The normalized spacial score (nSPS) is 10.8. The maximum absolute atomic E-state index is 11.7. The Morgan fingerprint density at radius 1 is 1.56 bits per heavy atom. The van der Waals surface area contributed by atoms with E-state index in [2.05, 4.69) is 0 Å². The Bertz CT molecular complexity index is 358. The van der Waals surface area contributed by atoms with Gasteiger partial charge < -0.3 is 19.9 Å². The van der Waals surface area contributed by atoms with Gasteiger partial charge in [0.1, 0.15) is 12.3 Å². The zero-order valence-electron chi connectivity index (χ0n) is 10.1. The third-order valence-corrected chi connectivity index (χ3v) is 2.24. The summed E-state index contributed by atoms with van der Waals surface area (Å²) in [4.78, 5) is 13.7. The van der Waals surface area contributed by atoms with Crippen molar-refractivity contribution in [3.63, 3.8) is 0 Å². The molecule has 0 aromatic carbocycles. The van der Waals surface area contributed by atoms with Gasteiger partial charge in [-0.15, -0.1) is 0 Å². The first-order valence-electron chi connectivity index (χ1n) is 5.32. The van der Waals surface area contributed by atoms with E-state index in [1.807, 2.05) is 25.9 Å². The zero-order chi connectivity index (χ0) is 12.1. The number of nitrogen functional groups attached to an aromatic ring is 1. The van der Waals surface area contributed by atoms with Crippen LogP contribution in [-0.4, -0.2) is 42.7 Å². The maximum atomic E-state index is 11.7. The molecule has 0 amide bonds. The molecule has 0 bridgehead atoms. The summed E-state index contributed by atoms with van der Waals surface area (Å²) in [5.41, 5.74) is 6.73. The van der Waals surface area contributed by atoms with E-state index < -0.39 is 0 Å². The first-order chi connectivity index (χ1) is 7.54. The van der Waals surface area contributed by atoms with Crippen LogP contribution in [0.15, 0.2) is 12.3 Å². The topological polar surface area (TPSA) is 60.5 Å². The quantitative estimate of drug-likeness (QED) is 0.753. The Morgan fingerprint density at radius 3 is 2.81 bits per heavy atom. The second-order valence-electron chi connectivity index (χ2n) is 3.88. The van der Waals surface area contributed by atoms with Gasteiger partial charge in [-0.1, -0.05) is 0 Å². The standard InChI is InChI=1S/C11H19N3O2/c1-4-14-8-9(12)7-10(14)11(15)16-6-5-13(2)3/h7-8H,4-6,12H2,1-3H3. The Hall–Kier alpha value is -1.49. The summed E-state index contributed by atoms with van der Waals surface area (Å²) in [5.74, 6) is -0.319. The molecule has 5 heteroatoms. The van der Waals surface area contributed by atoms with Crippen LogP contribution >= 0.6 is 0 Å². The van der Waals surface area contributed by atoms with E-state index in [1.165, 1.54) is 0 Å². The van der Waals surface area contributed by atoms with Crippen LogP contribution in [0.5, 0.6) is 0 Å². The lowest BCUT2D eigenvalue weighted by molar-refractivity contribution is 0.0469. The molecule has 5 nitrogen and oxygen atoms in total. The van der Waals surface area contributed by atoms with Crippen LogP contribution in [0.4, 0.5) is 5.69 Å². The van der Waals surface area contributed by atoms with Crippen molar-refractivity contribution in [1.82, 2.24) is 9.47 Å². The molecule has 0 atom stereocenters. The number of esters is 1. The number of rotatable bonds is 5. The molecule has 0 radical (unpaired) electrons. The van der Waals surface area contributed by atoms with E-state index in [0.29, 0.717) is 31.1 Å². The van der Waals surface area contributed by atoms with E-state index in [-0.39, 0.29) is 5.97 Å². The number of nitrogens with zero attached hydrogens (tertiary/aromatic N) is 2. The largest absolute Gasteiger partial charge is 0.460 e. The van der Waals surface area contributed by atoms with Crippen molar-refractivity contribution in [2.24, 2.45) is 0 Å². The summed E-state index contributed by atoms with van der Waals surface area (Å²) in [6.07, 6.45) is 1.74. The molecule has 90 valence electrons. The molecule has 1 aromatic heterocycles. The third-order valence-electron chi connectivity index (χ3n) is 2.24. The highest BCUT2D eigenvalue weighted by Crippen LogP contribution is 2.11. The number of hydrogen-bond donors (Lipinski definition) is 1. The fraction of sp³-hybridized carbons (Fsp3) is 0.545.